The number of rotatable bonds is 1. The van der Waals surface area contributed by atoms with Crippen molar-refractivity contribution in [1.82, 2.24) is 4.98 Å². The van der Waals surface area contributed by atoms with Crippen LogP contribution in [0.1, 0.15) is 21.6 Å². The van der Waals surface area contributed by atoms with E-state index in [0.717, 1.165) is 21.9 Å². The Morgan fingerprint density at radius 3 is 2.67 bits per heavy atom. The number of hydrogen-bond donors (Lipinski definition) is 1. The Morgan fingerprint density at radius 1 is 1.27 bits per heavy atom. The Bertz CT molecular complexity index is 547. The Morgan fingerprint density at radius 2 is 2.00 bits per heavy atom. The van der Waals surface area contributed by atoms with E-state index in [1.807, 2.05) is 26.0 Å². The zero-order valence-corrected chi connectivity index (χ0v) is 8.61. The maximum atomic E-state index is 10.8. The van der Waals surface area contributed by atoms with E-state index in [-0.39, 0.29) is 5.69 Å². The fraction of sp³-hybridized carbons (Fsp3) is 0.167. The van der Waals surface area contributed by atoms with Crippen molar-refractivity contribution in [1.29, 1.82) is 0 Å². The summed E-state index contributed by atoms with van der Waals surface area (Å²) in [5.41, 5.74) is 2.33. The first-order valence-corrected chi connectivity index (χ1v) is 4.68. The van der Waals surface area contributed by atoms with Crippen LogP contribution in [0.5, 0.6) is 0 Å². The quantitative estimate of drug-likeness (QED) is 0.771. The number of carboxylic acids is 1. The predicted molar refractivity (Wildman–Crippen MR) is 58.2 cm³/mol. The van der Waals surface area contributed by atoms with Crippen LogP contribution in [-0.4, -0.2) is 16.1 Å². The van der Waals surface area contributed by atoms with Crippen molar-refractivity contribution in [2.75, 3.05) is 0 Å². The number of benzene rings is 1. The van der Waals surface area contributed by atoms with Gasteiger partial charge in [0.05, 0.1) is 0 Å². The maximum absolute atomic E-state index is 10.8. The lowest BCUT2D eigenvalue weighted by Crippen LogP contribution is -1.99. The summed E-state index contributed by atoms with van der Waals surface area (Å²) in [4.78, 5) is 14.6. The zero-order valence-electron chi connectivity index (χ0n) is 8.61. The van der Waals surface area contributed by atoms with E-state index < -0.39 is 5.97 Å². The Hall–Kier alpha value is -1.90. The SMILES string of the molecule is Cc1cc(C)c2cc(C(=O)O)ncc2c1. The summed E-state index contributed by atoms with van der Waals surface area (Å²) in [6.07, 6.45) is 1.61. The van der Waals surface area contributed by atoms with Crippen LogP contribution in [0.4, 0.5) is 0 Å². The van der Waals surface area contributed by atoms with Crippen LogP contribution in [0.25, 0.3) is 10.8 Å². The number of carbonyl (C=O) groups is 1. The third-order valence-electron chi connectivity index (χ3n) is 2.41. The predicted octanol–water partition coefficient (Wildman–Crippen LogP) is 2.55. The molecule has 3 heteroatoms. The van der Waals surface area contributed by atoms with E-state index in [1.54, 1.807) is 12.3 Å². The molecular weight excluding hydrogens is 190 g/mol. The minimum atomic E-state index is -0.989. The molecular formula is C12H11NO2. The molecule has 0 spiro atoms. The summed E-state index contributed by atoms with van der Waals surface area (Å²) in [6.45, 7) is 3.98. The summed E-state index contributed by atoms with van der Waals surface area (Å²) < 4.78 is 0. The van der Waals surface area contributed by atoms with Gasteiger partial charge in [-0.2, -0.15) is 0 Å². The molecule has 0 saturated heterocycles. The number of carboxylic acid groups (broad SMARTS) is 1. The number of aryl methyl sites for hydroxylation is 2. The van der Waals surface area contributed by atoms with Crippen molar-refractivity contribution in [3.63, 3.8) is 0 Å². The van der Waals surface area contributed by atoms with Crippen LogP contribution in [0, 0.1) is 13.8 Å². The highest BCUT2D eigenvalue weighted by Gasteiger charge is 2.06. The standard InChI is InChI=1S/C12H11NO2/c1-7-3-8(2)10-5-11(12(14)15)13-6-9(10)4-7/h3-6H,1-2H3,(H,14,15). The van der Waals surface area contributed by atoms with Crippen molar-refractivity contribution in [3.05, 3.63) is 41.2 Å². The smallest absolute Gasteiger partial charge is 0.354 e. The molecule has 15 heavy (non-hydrogen) atoms. The molecule has 1 N–H and O–H groups in total. The minimum Gasteiger partial charge on any atom is -0.477 e. The lowest BCUT2D eigenvalue weighted by molar-refractivity contribution is 0.0691. The van der Waals surface area contributed by atoms with Gasteiger partial charge in [-0.15, -0.1) is 0 Å². The Kier molecular flexibility index (Phi) is 2.15. The van der Waals surface area contributed by atoms with Crippen molar-refractivity contribution in [2.45, 2.75) is 13.8 Å². The molecule has 0 amide bonds. The normalized spacial score (nSPS) is 10.5. The van der Waals surface area contributed by atoms with Gasteiger partial charge in [0.1, 0.15) is 5.69 Å². The molecule has 0 unspecified atom stereocenters. The van der Waals surface area contributed by atoms with Crippen LogP contribution >= 0.6 is 0 Å². The second kappa shape index (κ2) is 3.35. The molecule has 1 aromatic carbocycles. The monoisotopic (exact) mass is 201 g/mol. The molecule has 0 aliphatic heterocycles. The first-order valence-electron chi connectivity index (χ1n) is 4.68. The summed E-state index contributed by atoms with van der Waals surface area (Å²) in [7, 11) is 0. The molecule has 76 valence electrons. The lowest BCUT2D eigenvalue weighted by atomic mass is 10.0. The molecule has 0 atom stereocenters. The van der Waals surface area contributed by atoms with E-state index in [9.17, 15) is 4.79 Å². The molecule has 0 aliphatic carbocycles. The average molecular weight is 201 g/mol. The topological polar surface area (TPSA) is 50.2 Å². The van der Waals surface area contributed by atoms with Gasteiger partial charge >= 0.3 is 5.97 Å². The van der Waals surface area contributed by atoms with E-state index in [4.69, 9.17) is 5.11 Å². The number of aromatic carboxylic acids is 1. The second-order valence-corrected chi connectivity index (χ2v) is 3.68. The average Bonchev–Trinajstić information content (AvgIpc) is 2.16. The van der Waals surface area contributed by atoms with Crippen molar-refractivity contribution in [2.24, 2.45) is 0 Å². The van der Waals surface area contributed by atoms with Crippen molar-refractivity contribution >= 4 is 16.7 Å². The highest BCUT2D eigenvalue weighted by atomic mass is 16.4. The van der Waals surface area contributed by atoms with Gasteiger partial charge in [-0.1, -0.05) is 11.6 Å². The van der Waals surface area contributed by atoms with Crippen LogP contribution in [0.15, 0.2) is 24.4 Å². The summed E-state index contributed by atoms with van der Waals surface area (Å²) >= 11 is 0. The third kappa shape index (κ3) is 1.68. The highest BCUT2D eigenvalue weighted by molar-refractivity contribution is 5.93. The van der Waals surface area contributed by atoms with Crippen LogP contribution in [0.2, 0.25) is 0 Å². The number of hydrogen-bond acceptors (Lipinski definition) is 2. The summed E-state index contributed by atoms with van der Waals surface area (Å²) in [6, 6.07) is 5.65. The number of fused-ring (bicyclic) bond motifs is 1. The fourth-order valence-corrected chi connectivity index (χ4v) is 1.75. The summed E-state index contributed by atoms with van der Waals surface area (Å²) in [5, 5.41) is 10.8. The van der Waals surface area contributed by atoms with Gasteiger partial charge < -0.3 is 5.11 Å². The lowest BCUT2D eigenvalue weighted by Gasteiger charge is -2.04. The Balaban J connectivity index is 2.76. The van der Waals surface area contributed by atoms with Gasteiger partial charge in [-0.05, 0) is 36.9 Å². The van der Waals surface area contributed by atoms with Gasteiger partial charge in [-0.25, -0.2) is 9.78 Å². The molecule has 2 aromatic rings. The molecule has 3 nitrogen and oxygen atoms in total. The molecule has 2 rings (SSSR count). The van der Waals surface area contributed by atoms with Crippen LogP contribution in [-0.2, 0) is 0 Å². The third-order valence-corrected chi connectivity index (χ3v) is 2.41. The summed E-state index contributed by atoms with van der Waals surface area (Å²) in [5.74, 6) is -0.989. The highest BCUT2D eigenvalue weighted by Crippen LogP contribution is 2.20. The second-order valence-electron chi connectivity index (χ2n) is 3.68. The van der Waals surface area contributed by atoms with E-state index in [0.29, 0.717) is 0 Å². The van der Waals surface area contributed by atoms with Gasteiger partial charge in [0, 0.05) is 11.6 Å². The van der Waals surface area contributed by atoms with Gasteiger partial charge in [0.2, 0.25) is 0 Å². The molecule has 1 aromatic heterocycles. The van der Waals surface area contributed by atoms with E-state index in [1.165, 1.54) is 0 Å². The van der Waals surface area contributed by atoms with Crippen molar-refractivity contribution in [3.8, 4) is 0 Å². The molecule has 0 saturated carbocycles. The van der Waals surface area contributed by atoms with Crippen LogP contribution < -0.4 is 0 Å². The van der Waals surface area contributed by atoms with Gasteiger partial charge in [0.25, 0.3) is 0 Å². The minimum absolute atomic E-state index is 0.0921. The molecule has 0 bridgehead atoms. The number of nitrogens with zero attached hydrogens (tertiary/aromatic N) is 1. The fourth-order valence-electron chi connectivity index (χ4n) is 1.75. The molecule has 0 aliphatic rings. The van der Waals surface area contributed by atoms with Crippen molar-refractivity contribution < 1.29 is 9.90 Å². The maximum Gasteiger partial charge on any atom is 0.354 e. The van der Waals surface area contributed by atoms with Gasteiger partial charge in [0.15, 0.2) is 0 Å². The first-order chi connectivity index (χ1) is 7.08. The number of aromatic nitrogens is 1. The van der Waals surface area contributed by atoms with E-state index >= 15 is 0 Å². The first kappa shape index (κ1) is 9.65. The van der Waals surface area contributed by atoms with Gasteiger partial charge in [-0.3, -0.25) is 0 Å². The van der Waals surface area contributed by atoms with Crippen LogP contribution in [0.3, 0.4) is 0 Å². The molecule has 1 heterocycles. The van der Waals surface area contributed by atoms with E-state index in [2.05, 4.69) is 4.98 Å². The number of pyridine rings is 1. The molecule has 0 fully saturated rings. The molecule has 0 radical (unpaired) electrons. The Labute approximate surface area is 87.4 Å². The largest absolute Gasteiger partial charge is 0.477 e. The zero-order chi connectivity index (χ0) is 11.0.